The van der Waals surface area contributed by atoms with Crippen LogP contribution in [0.1, 0.15) is 30.0 Å². The first-order valence-corrected chi connectivity index (χ1v) is 7.77. The molecule has 2 N–H and O–H groups in total. The topological polar surface area (TPSA) is 78.4 Å². The lowest BCUT2D eigenvalue weighted by atomic mass is 10.1. The molecule has 4 rings (SSSR count). The van der Waals surface area contributed by atoms with E-state index in [2.05, 4.69) is 10.1 Å². The van der Waals surface area contributed by atoms with Crippen LogP contribution in [0.3, 0.4) is 0 Å². The predicted octanol–water partition coefficient (Wildman–Crippen LogP) is 2.86. The monoisotopic (exact) mass is 303 g/mol. The van der Waals surface area contributed by atoms with Crippen molar-refractivity contribution < 1.29 is 0 Å². The van der Waals surface area contributed by atoms with Gasteiger partial charge >= 0.3 is 0 Å². The van der Waals surface area contributed by atoms with Crippen molar-refractivity contribution in [2.75, 3.05) is 0 Å². The van der Waals surface area contributed by atoms with Crippen LogP contribution in [-0.4, -0.2) is 20.6 Å². The van der Waals surface area contributed by atoms with Gasteiger partial charge < -0.3 is 0 Å². The minimum absolute atomic E-state index is 0.252. The molecule has 0 bridgehead atoms. The van der Waals surface area contributed by atoms with Crippen molar-refractivity contribution in [2.45, 2.75) is 25.2 Å². The molecule has 0 atom stereocenters. The molecule has 5 nitrogen and oxygen atoms in total. The Balaban J connectivity index is 1.63. The Kier molecular flexibility index (Phi) is 3.26. The Hall–Kier alpha value is -2.82. The fourth-order valence-electron chi connectivity index (χ4n) is 2.74. The fourth-order valence-corrected chi connectivity index (χ4v) is 2.74. The molecular weight excluding hydrogens is 286 g/mol. The van der Waals surface area contributed by atoms with Crippen molar-refractivity contribution in [3.63, 3.8) is 0 Å². The Bertz CT molecular complexity index is 953. The van der Waals surface area contributed by atoms with E-state index in [-0.39, 0.29) is 5.49 Å². The molecule has 2 heterocycles. The van der Waals surface area contributed by atoms with Crippen LogP contribution in [0.15, 0.2) is 48.7 Å². The highest BCUT2D eigenvalue weighted by Crippen LogP contribution is 2.38. The molecule has 2 aromatic heterocycles. The number of nitrogens with zero attached hydrogens (tertiary/aromatic N) is 3. The van der Waals surface area contributed by atoms with Crippen LogP contribution < -0.4 is 5.49 Å². The second-order valence-electron chi connectivity index (χ2n) is 5.98. The van der Waals surface area contributed by atoms with E-state index in [0.717, 1.165) is 35.0 Å². The van der Waals surface area contributed by atoms with Crippen LogP contribution in [0.4, 0.5) is 0 Å². The molecule has 114 valence electrons. The maximum Gasteiger partial charge on any atom is 0.148 e. The number of fused-ring (bicyclic) bond motifs is 1. The minimum Gasteiger partial charge on any atom is -0.286 e. The van der Waals surface area contributed by atoms with Gasteiger partial charge in [-0.1, -0.05) is 12.1 Å². The Labute approximate surface area is 133 Å². The van der Waals surface area contributed by atoms with E-state index in [1.54, 1.807) is 12.3 Å². The number of rotatable bonds is 3. The van der Waals surface area contributed by atoms with Gasteiger partial charge in [-0.05, 0) is 48.7 Å². The lowest BCUT2D eigenvalue weighted by Gasteiger charge is -2.10. The fraction of sp³-hybridized carbons (Fsp3) is 0.222. The molecule has 1 aliphatic rings. The van der Waals surface area contributed by atoms with Gasteiger partial charge in [-0.15, -0.1) is 0 Å². The summed E-state index contributed by atoms with van der Waals surface area (Å²) in [5, 5.41) is 21.9. The zero-order valence-electron chi connectivity index (χ0n) is 12.7. The van der Waals surface area contributed by atoms with Gasteiger partial charge in [-0.3, -0.25) is 15.8 Å². The highest BCUT2D eigenvalue weighted by Gasteiger charge is 2.25. The van der Waals surface area contributed by atoms with E-state index in [4.69, 9.17) is 10.8 Å². The van der Waals surface area contributed by atoms with Gasteiger partial charge in [0.25, 0.3) is 0 Å². The Morgan fingerprint density at radius 2 is 2.04 bits per heavy atom. The molecular formula is C18H17N5. The summed E-state index contributed by atoms with van der Waals surface area (Å²) in [6.07, 6.45) is 4.55. The van der Waals surface area contributed by atoms with E-state index in [1.165, 1.54) is 4.68 Å². The molecule has 1 saturated carbocycles. The SMILES string of the molecule is N=C(Cc1ccc2ncccc2c1)n1nc(C2CC2)ccc1=N. The molecule has 1 fully saturated rings. The predicted molar refractivity (Wildman–Crippen MR) is 88.6 cm³/mol. The Morgan fingerprint density at radius 1 is 1.17 bits per heavy atom. The number of hydrogen-bond acceptors (Lipinski definition) is 4. The number of nitrogens with one attached hydrogen (secondary N) is 2. The number of pyridine rings is 1. The molecule has 0 unspecified atom stereocenters. The maximum absolute atomic E-state index is 8.34. The summed E-state index contributed by atoms with van der Waals surface area (Å²) >= 11 is 0. The van der Waals surface area contributed by atoms with Crippen molar-refractivity contribution in [1.82, 2.24) is 14.8 Å². The highest BCUT2D eigenvalue weighted by molar-refractivity contribution is 5.85. The van der Waals surface area contributed by atoms with Crippen molar-refractivity contribution in [2.24, 2.45) is 0 Å². The molecule has 23 heavy (non-hydrogen) atoms. The van der Waals surface area contributed by atoms with Crippen LogP contribution in [0.25, 0.3) is 10.9 Å². The summed E-state index contributed by atoms with van der Waals surface area (Å²) < 4.78 is 1.45. The lowest BCUT2D eigenvalue weighted by Crippen LogP contribution is -2.30. The zero-order chi connectivity index (χ0) is 15.8. The van der Waals surface area contributed by atoms with Crippen LogP contribution in [0.2, 0.25) is 0 Å². The Morgan fingerprint density at radius 3 is 2.87 bits per heavy atom. The van der Waals surface area contributed by atoms with Crippen molar-refractivity contribution in [3.05, 3.63) is 65.4 Å². The van der Waals surface area contributed by atoms with Crippen LogP contribution >= 0.6 is 0 Å². The normalized spacial score (nSPS) is 14.1. The lowest BCUT2D eigenvalue weighted by molar-refractivity contribution is 0.755. The van der Waals surface area contributed by atoms with E-state index in [0.29, 0.717) is 18.2 Å². The molecule has 1 aromatic carbocycles. The molecule has 0 amide bonds. The second-order valence-corrected chi connectivity index (χ2v) is 5.98. The van der Waals surface area contributed by atoms with Gasteiger partial charge in [-0.2, -0.15) is 5.10 Å². The third-order valence-electron chi connectivity index (χ3n) is 4.15. The number of benzene rings is 1. The summed E-state index contributed by atoms with van der Waals surface area (Å²) in [6, 6.07) is 13.6. The first-order valence-electron chi connectivity index (χ1n) is 7.77. The average Bonchev–Trinajstić information content (AvgIpc) is 3.40. The number of aromatic nitrogens is 3. The van der Waals surface area contributed by atoms with Gasteiger partial charge in [-0.25, -0.2) is 4.68 Å². The quantitative estimate of drug-likeness (QED) is 0.576. The molecule has 1 aliphatic carbocycles. The highest BCUT2D eigenvalue weighted by atomic mass is 15.3. The van der Waals surface area contributed by atoms with E-state index >= 15 is 0 Å². The largest absolute Gasteiger partial charge is 0.286 e. The van der Waals surface area contributed by atoms with Crippen LogP contribution in [0.5, 0.6) is 0 Å². The van der Waals surface area contributed by atoms with Crippen molar-refractivity contribution in [3.8, 4) is 0 Å². The van der Waals surface area contributed by atoms with E-state index in [9.17, 15) is 0 Å². The van der Waals surface area contributed by atoms with Crippen LogP contribution in [0, 0.1) is 10.8 Å². The summed E-state index contributed by atoms with van der Waals surface area (Å²) in [7, 11) is 0. The summed E-state index contributed by atoms with van der Waals surface area (Å²) in [4.78, 5) is 4.31. The molecule has 0 saturated heterocycles. The van der Waals surface area contributed by atoms with Gasteiger partial charge in [0.1, 0.15) is 11.3 Å². The summed E-state index contributed by atoms with van der Waals surface area (Å²) in [5.41, 5.74) is 3.22. The first kappa shape index (κ1) is 13.8. The van der Waals surface area contributed by atoms with E-state index < -0.39 is 0 Å². The van der Waals surface area contributed by atoms with Crippen molar-refractivity contribution >= 4 is 16.7 Å². The maximum atomic E-state index is 8.34. The number of hydrogen-bond donors (Lipinski definition) is 2. The third kappa shape index (κ3) is 2.77. The minimum atomic E-state index is 0.252. The third-order valence-corrected chi connectivity index (χ3v) is 4.15. The molecule has 0 aliphatic heterocycles. The van der Waals surface area contributed by atoms with Gasteiger partial charge in [0, 0.05) is 23.9 Å². The standard InChI is InChI=1S/C18H17N5/c19-17-8-7-16(13-4-5-13)22-23(17)18(20)11-12-3-6-15-14(10-12)2-1-9-21-15/h1-3,6-10,13,19-20H,4-5,11H2. The summed E-state index contributed by atoms with van der Waals surface area (Å²) in [5.74, 6) is 0.835. The smallest absolute Gasteiger partial charge is 0.148 e. The molecule has 0 spiro atoms. The van der Waals surface area contributed by atoms with Crippen LogP contribution in [-0.2, 0) is 6.42 Å². The average molecular weight is 303 g/mol. The van der Waals surface area contributed by atoms with Gasteiger partial charge in [0.2, 0.25) is 0 Å². The molecule has 0 radical (unpaired) electrons. The molecule has 5 heteroatoms. The second kappa shape index (κ2) is 5.43. The first-order chi connectivity index (χ1) is 11.2. The van der Waals surface area contributed by atoms with Crippen molar-refractivity contribution in [1.29, 1.82) is 10.8 Å². The van der Waals surface area contributed by atoms with Gasteiger partial charge in [0.05, 0.1) is 11.2 Å². The molecule has 3 aromatic rings. The van der Waals surface area contributed by atoms with Gasteiger partial charge in [0.15, 0.2) is 0 Å². The summed E-state index contributed by atoms with van der Waals surface area (Å²) in [6.45, 7) is 0. The zero-order valence-corrected chi connectivity index (χ0v) is 12.7. The van der Waals surface area contributed by atoms with E-state index in [1.807, 2.05) is 36.4 Å².